The van der Waals surface area contributed by atoms with Crippen LogP contribution in [-0.2, 0) is 14.3 Å². The standard InChI is InChI=1S/C25H22BrNO6/c1-25(2,3)33-24(31)27-12-11-16(22(27)29)19-17-13-15(26)9-10-18(17)32-23(30)20(19)21(28)14-7-5-4-6-8-14/h4-11,13,19-20H,12H2,1-3H3. The summed E-state index contributed by atoms with van der Waals surface area (Å²) >= 11 is 3.41. The van der Waals surface area contributed by atoms with Gasteiger partial charge in [-0.25, -0.2) is 9.69 Å². The Bertz CT molecular complexity index is 1180. The molecule has 0 radical (unpaired) electrons. The number of hydrogen-bond acceptors (Lipinski definition) is 6. The summed E-state index contributed by atoms with van der Waals surface area (Å²) in [6, 6.07) is 13.4. The summed E-state index contributed by atoms with van der Waals surface area (Å²) in [5.74, 6) is -3.71. The first-order valence-electron chi connectivity index (χ1n) is 10.4. The van der Waals surface area contributed by atoms with E-state index in [-0.39, 0.29) is 17.9 Å². The van der Waals surface area contributed by atoms with Crippen molar-refractivity contribution in [1.29, 1.82) is 0 Å². The molecular weight excluding hydrogens is 490 g/mol. The van der Waals surface area contributed by atoms with Gasteiger partial charge in [0, 0.05) is 27.1 Å². The maximum absolute atomic E-state index is 13.4. The van der Waals surface area contributed by atoms with Gasteiger partial charge in [0.1, 0.15) is 17.3 Å². The lowest BCUT2D eigenvalue weighted by Gasteiger charge is -2.32. The Hall–Kier alpha value is -3.26. The van der Waals surface area contributed by atoms with Crippen LogP contribution in [0.25, 0.3) is 0 Å². The number of rotatable bonds is 3. The number of amides is 2. The van der Waals surface area contributed by atoms with Crippen LogP contribution in [0.2, 0.25) is 0 Å². The van der Waals surface area contributed by atoms with Gasteiger partial charge in [-0.1, -0.05) is 52.3 Å². The van der Waals surface area contributed by atoms with E-state index in [0.717, 1.165) is 4.90 Å². The minimum absolute atomic E-state index is 0.00971. The molecule has 0 fully saturated rings. The average molecular weight is 512 g/mol. The van der Waals surface area contributed by atoms with E-state index in [1.165, 1.54) is 0 Å². The lowest BCUT2D eigenvalue weighted by molar-refractivity contribution is -0.139. The number of fused-ring (bicyclic) bond motifs is 1. The first-order valence-corrected chi connectivity index (χ1v) is 11.2. The van der Waals surface area contributed by atoms with E-state index in [1.54, 1.807) is 75.4 Å². The molecule has 0 saturated carbocycles. The number of carbonyl (C=O) groups is 4. The molecule has 0 bridgehead atoms. The number of benzene rings is 2. The van der Waals surface area contributed by atoms with Crippen molar-refractivity contribution in [3.63, 3.8) is 0 Å². The summed E-state index contributed by atoms with van der Waals surface area (Å²) in [6.07, 6.45) is 0.795. The van der Waals surface area contributed by atoms with Gasteiger partial charge in [-0.15, -0.1) is 0 Å². The van der Waals surface area contributed by atoms with Crippen molar-refractivity contribution in [3.8, 4) is 5.75 Å². The molecule has 2 heterocycles. The van der Waals surface area contributed by atoms with Crippen LogP contribution in [0.1, 0.15) is 42.6 Å². The Labute approximate surface area is 199 Å². The molecule has 0 aliphatic carbocycles. The second-order valence-corrected chi connectivity index (χ2v) is 9.76. The minimum Gasteiger partial charge on any atom is -0.443 e. The van der Waals surface area contributed by atoms with Gasteiger partial charge in [0.25, 0.3) is 5.91 Å². The van der Waals surface area contributed by atoms with Crippen molar-refractivity contribution in [2.45, 2.75) is 32.3 Å². The van der Waals surface area contributed by atoms with Gasteiger partial charge in [0.15, 0.2) is 5.78 Å². The van der Waals surface area contributed by atoms with Gasteiger partial charge in [-0.05, 0) is 39.0 Å². The molecule has 0 spiro atoms. The summed E-state index contributed by atoms with van der Waals surface area (Å²) < 4.78 is 11.5. The van der Waals surface area contributed by atoms with Crippen LogP contribution < -0.4 is 4.74 Å². The number of halogens is 1. The number of Topliss-reactive ketones (excluding diaryl/α,β-unsaturated/α-hetero) is 1. The first kappa shape index (κ1) is 22.9. The fraction of sp³-hybridized carbons (Fsp3) is 0.280. The zero-order chi connectivity index (χ0) is 23.9. The second kappa shape index (κ2) is 8.59. The molecule has 2 atom stereocenters. The molecular formula is C25H22BrNO6. The zero-order valence-electron chi connectivity index (χ0n) is 18.3. The Morgan fingerprint density at radius 3 is 2.45 bits per heavy atom. The molecule has 0 aromatic heterocycles. The van der Waals surface area contributed by atoms with E-state index in [0.29, 0.717) is 15.6 Å². The van der Waals surface area contributed by atoms with Gasteiger partial charge >= 0.3 is 12.1 Å². The minimum atomic E-state index is -1.28. The largest absolute Gasteiger partial charge is 0.443 e. The Kier molecular flexibility index (Phi) is 5.97. The maximum Gasteiger partial charge on any atom is 0.417 e. The summed E-state index contributed by atoms with van der Waals surface area (Å²) in [5.41, 5.74) is 0.255. The lowest BCUT2D eigenvalue weighted by atomic mass is 9.75. The third-order valence-electron chi connectivity index (χ3n) is 5.38. The zero-order valence-corrected chi connectivity index (χ0v) is 19.9. The lowest BCUT2D eigenvalue weighted by Crippen LogP contribution is -2.42. The third kappa shape index (κ3) is 4.48. The molecule has 2 amide bonds. The van der Waals surface area contributed by atoms with Crippen molar-refractivity contribution < 1.29 is 28.7 Å². The average Bonchev–Trinajstić information content (AvgIpc) is 3.13. The molecule has 4 rings (SSSR count). The van der Waals surface area contributed by atoms with Crippen LogP contribution in [0.5, 0.6) is 5.75 Å². The van der Waals surface area contributed by atoms with Crippen LogP contribution in [0.3, 0.4) is 0 Å². The van der Waals surface area contributed by atoms with Gasteiger partial charge in [0.05, 0.1) is 6.54 Å². The molecule has 33 heavy (non-hydrogen) atoms. The smallest absolute Gasteiger partial charge is 0.417 e. The van der Waals surface area contributed by atoms with Gasteiger partial charge < -0.3 is 9.47 Å². The Morgan fingerprint density at radius 1 is 1.09 bits per heavy atom. The number of imide groups is 1. The molecule has 2 aromatic carbocycles. The third-order valence-corrected chi connectivity index (χ3v) is 5.87. The van der Waals surface area contributed by atoms with Gasteiger partial charge in [-0.3, -0.25) is 14.4 Å². The molecule has 2 aliphatic rings. The first-order chi connectivity index (χ1) is 15.6. The van der Waals surface area contributed by atoms with Crippen LogP contribution in [0.15, 0.2) is 64.7 Å². The van der Waals surface area contributed by atoms with Crippen molar-refractivity contribution in [3.05, 3.63) is 75.8 Å². The van der Waals surface area contributed by atoms with E-state index < -0.39 is 41.2 Å². The van der Waals surface area contributed by atoms with Gasteiger partial charge in [-0.2, -0.15) is 0 Å². The maximum atomic E-state index is 13.4. The highest BCUT2D eigenvalue weighted by Gasteiger charge is 2.48. The molecule has 2 aliphatic heterocycles. The van der Waals surface area contributed by atoms with E-state index in [9.17, 15) is 19.2 Å². The fourth-order valence-electron chi connectivity index (χ4n) is 3.98. The highest BCUT2D eigenvalue weighted by Crippen LogP contribution is 2.46. The highest BCUT2D eigenvalue weighted by atomic mass is 79.9. The summed E-state index contributed by atoms with van der Waals surface area (Å²) in [6.45, 7) is 5.11. The molecule has 2 unspecified atom stereocenters. The monoisotopic (exact) mass is 511 g/mol. The molecule has 8 heteroatoms. The van der Waals surface area contributed by atoms with Crippen molar-refractivity contribution in [2.75, 3.05) is 6.54 Å². The number of ether oxygens (including phenoxy) is 2. The molecule has 7 nitrogen and oxygen atoms in total. The van der Waals surface area contributed by atoms with E-state index >= 15 is 0 Å². The van der Waals surface area contributed by atoms with Gasteiger partial charge in [0.2, 0.25) is 0 Å². The number of ketones is 1. The number of carbonyl (C=O) groups excluding carboxylic acids is 4. The van der Waals surface area contributed by atoms with Crippen molar-refractivity contribution in [1.82, 2.24) is 4.90 Å². The quantitative estimate of drug-likeness (QED) is 0.257. The van der Waals surface area contributed by atoms with E-state index in [2.05, 4.69) is 15.9 Å². The normalized spacial score (nSPS) is 20.1. The topological polar surface area (TPSA) is 90.0 Å². The molecule has 2 aromatic rings. The summed E-state index contributed by atoms with van der Waals surface area (Å²) in [4.78, 5) is 53.3. The highest BCUT2D eigenvalue weighted by molar-refractivity contribution is 9.10. The van der Waals surface area contributed by atoms with E-state index in [1.807, 2.05) is 0 Å². The number of hydrogen-bond donors (Lipinski definition) is 0. The fourth-order valence-corrected chi connectivity index (χ4v) is 4.36. The molecule has 170 valence electrons. The predicted molar refractivity (Wildman–Crippen MR) is 123 cm³/mol. The number of nitrogens with zero attached hydrogens (tertiary/aromatic N) is 1. The predicted octanol–water partition coefficient (Wildman–Crippen LogP) is 4.65. The second-order valence-electron chi connectivity index (χ2n) is 8.84. The Balaban J connectivity index is 1.76. The number of esters is 1. The summed E-state index contributed by atoms with van der Waals surface area (Å²) in [7, 11) is 0. The molecule has 0 N–H and O–H groups in total. The Morgan fingerprint density at radius 2 is 1.79 bits per heavy atom. The van der Waals surface area contributed by atoms with Crippen LogP contribution in [0, 0.1) is 5.92 Å². The van der Waals surface area contributed by atoms with Crippen molar-refractivity contribution >= 4 is 39.7 Å². The van der Waals surface area contributed by atoms with Crippen LogP contribution >= 0.6 is 15.9 Å². The molecule has 0 saturated heterocycles. The summed E-state index contributed by atoms with van der Waals surface area (Å²) in [5, 5.41) is 0. The SMILES string of the molecule is CC(C)(C)OC(=O)N1CC=C(C2c3cc(Br)ccc3OC(=O)C2C(=O)c2ccccc2)C1=O. The van der Waals surface area contributed by atoms with Crippen molar-refractivity contribution in [2.24, 2.45) is 5.92 Å². The van der Waals surface area contributed by atoms with E-state index in [4.69, 9.17) is 9.47 Å². The van der Waals surface area contributed by atoms with Crippen LogP contribution in [0.4, 0.5) is 4.79 Å². The van der Waals surface area contributed by atoms with Crippen LogP contribution in [-0.4, -0.2) is 40.8 Å².